The first-order valence-corrected chi connectivity index (χ1v) is 7.75. The Labute approximate surface area is 136 Å². The SMILES string of the molecule is CSc1ncc(Cl)c(C(=O)O[C@H](C(N)=O)c2ccccc2)n1. The van der Waals surface area contributed by atoms with Gasteiger partial charge in [0, 0.05) is 5.56 Å². The van der Waals surface area contributed by atoms with Crippen LogP contribution in [0.4, 0.5) is 0 Å². The number of hydrogen-bond donors (Lipinski definition) is 1. The molecule has 1 aromatic carbocycles. The number of rotatable bonds is 5. The van der Waals surface area contributed by atoms with Crippen LogP contribution in [0.1, 0.15) is 22.2 Å². The topological polar surface area (TPSA) is 95.2 Å². The van der Waals surface area contributed by atoms with Crippen molar-refractivity contribution in [2.75, 3.05) is 6.26 Å². The normalized spacial score (nSPS) is 11.7. The zero-order valence-electron chi connectivity index (χ0n) is 11.5. The molecule has 114 valence electrons. The Morgan fingerprint density at radius 2 is 2.00 bits per heavy atom. The maximum absolute atomic E-state index is 12.2. The van der Waals surface area contributed by atoms with Crippen LogP contribution in [0.15, 0.2) is 41.7 Å². The Morgan fingerprint density at radius 3 is 2.59 bits per heavy atom. The lowest BCUT2D eigenvalue weighted by Gasteiger charge is -2.15. The van der Waals surface area contributed by atoms with Crippen LogP contribution >= 0.6 is 23.4 Å². The van der Waals surface area contributed by atoms with Gasteiger partial charge in [0.05, 0.1) is 11.2 Å². The maximum Gasteiger partial charge on any atom is 0.359 e. The van der Waals surface area contributed by atoms with Crippen molar-refractivity contribution in [3.05, 3.63) is 52.8 Å². The molecule has 0 fully saturated rings. The van der Waals surface area contributed by atoms with Gasteiger partial charge >= 0.3 is 5.97 Å². The Bertz CT molecular complexity index is 697. The number of nitrogens with zero attached hydrogens (tertiary/aromatic N) is 2. The number of ether oxygens (including phenoxy) is 1. The summed E-state index contributed by atoms with van der Waals surface area (Å²) in [6, 6.07) is 8.47. The third-order valence-corrected chi connectivity index (χ3v) is 3.52. The lowest BCUT2D eigenvalue weighted by atomic mass is 10.1. The van der Waals surface area contributed by atoms with Gasteiger partial charge in [0.1, 0.15) is 0 Å². The highest BCUT2D eigenvalue weighted by atomic mass is 35.5. The molecule has 1 aromatic heterocycles. The second-order valence-corrected chi connectivity index (χ2v) is 5.33. The van der Waals surface area contributed by atoms with E-state index in [9.17, 15) is 9.59 Å². The molecule has 0 saturated heterocycles. The Hall–Kier alpha value is -2.12. The third-order valence-electron chi connectivity index (χ3n) is 2.68. The highest BCUT2D eigenvalue weighted by molar-refractivity contribution is 7.98. The van der Waals surface area contributed by atoms with E-state index < -0.39 is 18.0 Å². The molecule has 0 aliphatic carbocycles. The summed E-state index contributed by atoms with van der Waals surface area (Å²) >= 11 is 7.16. The molecule has 0 unspecified atom stereocenters. The van der Waals surface area contributed by atoms with Gasteiger partial charge in [0.2, 0.25) is 6.10 Å². The van der Waals surface area contributed by atoms with Gasteiger partial charge in [0.15, 0.2) is 10.9 Å². The summed E-state index contributed by atoms with van der Waals surface area (Å²) in [5, 5.41) is 0.408. The standard InChI is InChI=1S/C14H12ClN3O3S/c1-22-14-17-7-9(15)10(18-14)13(20)21-11(12(16)19)8-5-3-2-4-6-8/h2-7,11H,1H3,(H2,16,19)/t11-/m0/s1. The van der Waals surface area contributed by atoms with Crippen molar-refractivity contribution >= 4 is 35.2 Å². The predicted molar refractivity (Wildman–Crippen MR) is 82.6 cm³/mol. The lowest BCUT2D eigenvalue weighted by Crippen LogP contribution is -2.26. The van der Waals surface area contributed by atoms with E-state index >= 15 is 0 Å². The van der Waals surface area contributed by atoms with Crippen LogP contribution in [0.25, 0.3) is 0 Å². The maximum atomic E-state index is 12.2. The van der Waals surface area contributed by atoms with E-state index in [2.05, 4.69) is 9.97 Å². The van der Waals surface area contributed by atoms with E-state index in [0.29, 0.717) is 10.7 Å². The summed E-state index contributed by atoms with van der Waals surface area (Å²) in [5.41, 5.74) is 5.67. The molecule has 22 heavy (non-hydrogen) atoms. The van der Waals surface area contributed by atoms with Crippen molar-refractivity contribution in [1.29, 1.82) is 0 Å². The Kier molecular flexibility index (Phi) is 5.35. The van der Waals surface area contributed by atoms with Crippen molar-refractivity contribution in [1.82, 2.24) is 9.97 Å². The molecule has 1 atom stereocenters. The van der Waals surface area contributed by atoms with E-state index in [1.807, 2.05) is 0 Å². The highest BCUT2D eigenvalue weighted by Crippen LogP contribution is 2.22. The molecule has 0 aliphatic rings. The van der Waals surface area contributed by atoms with Crippen LogP contribution in [0.3, 0.4) is 0 Å². The molecular formula is C14H12ClN3O3S. The van der Waals surface area contributed by atoms with Crippen molar-refractivity contribution in [3.63, 3.8) is 0 Å². The summed E-state index contributed by atoms with van der Waals surface area (Å²) in [6.07, 6.45) is 1.85. The molecule has 0 saturated carbocycles. The van der Waals surface area contributed by atoms with Crippen molar-refractivity contribution < 1.29 is 14.3 Å². The second kappa shape index (κ2) is 7.24. The van der Waals surface area contributed by atoms with Crippen molar-refractivity contribution in [3.8, 4) is 0 Å². The molecule has 0 spiro atoms. The van der Waals surface area contributed by atoms with Gasteiger partial charge < -0.3 is 10.5 Å². The Morgan fingerprint density at radius 1 is 1.32 bits per heavy atom. The number of halogens is 1. The number of carbonyl (C=O) groups excluding carboxylic acids is 2. The smallest absolute Gasteiger partial charge is 0.359 e. The summed E-state index contributed by atoms with van der Waals surface area (Å²) in [7, 11) is 0. The lowest BCUT2D eigenvalue weighted by molar-refractivity contribution is -0.127. The van der Waals surface area contributed by atoms with Gasteiger partial charge in [-0.25, -0.2) is 14.8 Å². The zero-order valence-corrected chi connectivity index (χ0v) is 13.1. The fourth-order valence-electron chi connectivity index (χ4n) is 1.67. The van der Waals surface area contributed by atoms with Crippen LogP contribution in [0, 0.1) is 0 Å². The molecular weight excluding hydrogens is 326 g/mol. The highest BCUT2D eigenvalue weighted by Gasteiger charge is 2.25. The third kappa shape index (κ3) is 3.75. The summed E-state index contributed by atoms with van der Waals surface area (Å²) in [6.45, 7) is 0. The number of carbonyl (C=O) groups is 2. The molecule has 0 bridgehead atoms. The molecule has 6 nitrogen and oxygen atoms in total. The van der Waals surface area contributed by atoms with Gasteiger partial charge in [-0.2, -0.15) is 0 Å². The monoisotopic (exact) mass is 337 g/mol. The average Bonchev–Trinajstić information content (AvgIpc) is 2.53. The number of amides is 1. The molecule has 2 aromatic rings. The molecule has 2 N–H and O–H groups in total. The van der Waals surface area contributed by atoms with E-state index in [-0.39, 0.29) is 10.7 Å². The van der Waals surface area contributed by atoms with Crippen molar-refractivity contribution in [2.45, 2.75) is 11.3 Å². The number of thioether (sulfide) groups is 1. The van der Waals surface area contributed by atoms with Crippen LogP contribution in [-0.4, -0.2) is 28.1 Å². The molecule has 1 amide bonds. The summed E-state index contributed by atoms with van der Waals surface area (Å²) in [5.74, 6) is -1.62. The van der Waals surface area contributed by atoms with E-state index in [0.717, 1.165) is 0 Å². The molecule has 0 radical (unpaired) electrons. The van der Waals surface area contributed by atoms with E-state index in [1.54, 1.807) is 36.6 Å². The predicted octanol–water partition coefficient (Wildman–Crippen LogP) is 2.24. The van der Waals surface area contributed by atoms with E-state index in [1.165, 1.54) is 18.0 Å². The molecule has 1 heterocycles. The summed E-state index contributed by atoms with van der Waals surface area (Å²) < 4.78 is 5.17. The fraction of sp³-hybridized carbons (Fsp3) is 0.143. The van der Waals surface area contributed by atoms with Gasteiger partial charge in [-0.05, 0) is 6.26 Å². The van der Waals surface area contributed by atoms with Gasteiger partial charge in [0.25, 0.3) is 5.91 Å². The molecule has 0 aliphatic heterocycles. The van der Waals surface area contributed by atoms with Gasteiger partial charge in [-0.3, -0.25) is 4.79 Å². The fourth-order valence-corrected chi connectivity index (χ4v) is 2.18. The van der Waals surface area contributed by atoms with Crippen LogP contribution in [-0.2, 0) is 9.53 Å². The minimum absolute atomic E-state index is 0.0408. The van der Waals surface area contributed by atoms with Gasteiger partial charge in [-0.15, -0.1) is 0 Å². The number of hydrogen-bond acceptors (Lipinski definition) is 6. The number of esters is 1. The minimum atomic E-state index is -1.21. The van der Waals surface area contributed by atoms with Crippen LogP contribution in [0.2, 0.25) is 5.02 Å². The second-order valence-electron chi connectivity index (χ2n) is 4.15. The minimum Gasteiger partial charge on any atom is -0.443 e. The van der Waals surface area contributed by atoms with Gasteiger partial charge in [-0.1, -0.05) is 53.7 Å². The van der Waals surface area contributed by atoms with Crippen molar-refractivity contribution in [2.24, 2.45) is 5.73 Å². The largest absolute Gasteiger partial charge is 0.443 e. The van der Waals surface area contributed by atoms with Crippen LogP contribution < -0.4 is 5.73 Å². The van der Waals surface area contributed by atoms with Crippen LogP contribution in [0.5, 0.6) is 0 Å². The number of primary amides is 1. The molecule has 8 heteroatoms. The average molecular weight is 338 g/mol. The quantitative estimate of drug-likeness (QED) is 0.510. The number of aromatic nitrogens is 2. The Balaban J connectivity index is 2.28. The zero-order chi connectivity index (χ0) is 16.1. The number of nitrogens with two attached hydrogens (primary N) is 1. The number of benzene rings is 1. The molecule has 2 rings (SSSR count). The summed E-state index contributed by atoms with van der Waals surface area (Å²) in [4.78, 5) is 31.7. The first-order valence-electron chi connectivity index (χ1n) is 6.14. The van der Waals surface area contributed by atoms with E-state index in [4.69, 9.17) is 22.1 Å². The first kappa shape index (κ1) is 16.3. The first-order chi connectivity index (χ1) is 10.5.